The Labute approximate surface area is 191 Å². The molecule has 1 aromatic heterocycles. The average molecular weight is 473 g/mol. The molecule has 0 radical (unpaired) electrons. The molecule has 0 bridgehead atoms. The summed E-state index contributed by atoms with van der Waals surface area (Å²) in [6.07, 6.45) is 1.59. The van der Waals surface area contributed by atoms with Crippen LogP contribution >= 0.6 is 35.0 Å². The zero-order valence-electron chi connectivity index (χ0n) is 16.0. The van der Waals surface area contributed by atoms with E-state index in [-0.39, 0.29) is 11.5 Å². The molecule has 0 spiro atoms. The number of hydrogen-bond acceptors (Lipinski definition) is 5. The molecule has 0 unspecified atom stereocenters. The van der Waals surface area contributed by atoms with E-state index in [4.69, 9.17) is 32.7 Å². The lowest BCUT2D eigenvalue weighted by Gasteiger charge is -2.03. The van der Waals surface area contributed by atoms with E-state index in [9.17, 15) is 9.59 Å². The zero-order valence-corrected chi connectivity index (χ0v) is 18.3. The summed E-state index contributed by atoms with van der Waals surface area (Å²) < 4.78 is 5.81. The lowest BCUT2D eigenvalue weighted by atomic mass is 10.1. The minimum absolute atomic E-state index is 0.122. The second kappa shape index (κ2) is 8.63. The summed E-state index contributed by atoms with van der Waals surface area (Å²) in [7, 11) is 0. The standard InChI is InChI=1S/C22H14Cl2N2O4S/c1-11-5-6-12(21(28)29)9-16(11)25-22-26-20(27)18(31-22)10-13-7-8-17(30-13)19-14(23)3-2-4-15(19)24/h2-10H,1H3,(H,28,29)(H,25,26,27). The molecule has 3 aromatic rings. The molecular formula is C22H14Cl2N2O4S. The van der Waals surface area contributed by atoms with Crippen LogP contribution in [-0.2, 0) is 4.79 Å². The number of aryl methyl sites for hydroxylation is 1. The van der Waals surface area contributed by atoms with Gasteiger partial charge in [0.25, 0.3) is 5.91 Å². The lowest BCUT2D eigenvalue weighted by molar-refractivity contribution is -0.115. The van der Waals surface area contributed by atoms with Crippen LogP contribution in [0.2, 0.25) is 10.0 Å². The van der Waals surface area contributed by atoms with Crippen molar-refractivity contribution in [3.05, 3.63) is 80.4 Å². The van der Waals surface area contributed by atoms with Crippen LogP contribution in [0.1, 0.15) is 21.7 Å². The molecular weight excluding hydrogens is 459 g/mol. The number of aliphatic imine (C=N–C) groups is 1. The van der Waals surface area contributed by atoms with Gasteiger partial charge in [0.2, 0.25) is 0 Å². The Balaban J connectivity index is 1.60. The fourth-order valence-corrected chi connectivity index (χ4v) is 4.28. The molecule has 0 aliphatic carbocycles. The van der Waals surface area contributed by atoms with Crippen molar-refractivity contribution in [3.8, 4) is 11.3 Å². The number of carbonyl (C=O) groups excluding carboxylic acids is 1. The maximum atomic E-state index is 12.4. The summed E-state index contributed by atoms with van der Waals surface area (Å²) in [6.45, 7) is 1.81. The molecule has 1 aliphatic rings. The predicted molar refractivity (Wildman–Crippen MR) is 123 cm³/mol. The van der Waals surface area contributed by atoms with Gasteiger partial charge in [-0.3, -0.25) is 4.79 Å². The van der Waals surface area contributed by atoms with E-state index < -0.39 is 5.97 Å². The number of amides is 1. The van der Waals surface area contributed by atoms with Gasteiger partial charge in [0.15, 0.2) is 5.17 Å². The SMILES string of the molecule is Cc1ccc(C(=O)O)cc1N=C1NC(=O)C(=Cc2ccc(-c3c(Cl)cccc3Cl)o2)S1. The third-order valence-corrected chi connectivity index (χ3v) is 5.98. The number of carbonyl (C=O) groups is 2. The number of carboxylic acids is 1. The first kappa shape index (κ1) is 21.2. The number of benzene rings is 2. The molecule has 1 amide bonds. The van der Waals surface area contributed by atoms with Gasteiger partial charge in [-0.1, -0.05) is 35.3 Å². The van der Waals surface area contributed by atoms with E-state index in [0.29, 0.717) is 42.9 Å². The molecule has 1 saturated heterocycles. The van der Waals surface area contributed by atoms with Crippen molar-refractivity contribution < 1.29 is 19.1 Å². The largest absolute Gasteiger partial charge is 0.478 e. The number of rotatable bonds is 4. The highest BCUT2D eigenvalue weighted by atomic mass is 35.5. The maximum absolute atomic E-state index is 12.4. The van der Waals surface area contributed by atoms with Crippen molar-refractivity contribution in [2.24, 2.45) is 4.99 Å². The van der Waals surface area contributed by atoms with Crippen molar-refractivity contribution in [1.29, 1.82) is 0 Å². The van der Waals surface area contributed by atoms with Crippen molar-refractivity contribution in [1.82, 2.24) is 5.32 Å². The fraction of sp³-hybridized carbons (Fsp3) is 0.0455. The summed E-state index contributed by atoms with van der Waals surface area (Å²) in [5.41, 5.74) is 1.96. The first-order valence-corrected chi connectivity index (χ1v) is 10.6. The van der Waals surface area contributed by atoms with Crippen LogP contribution in [0.15, 0.2) is 62.8 Å². The van der Waals surface area contributed by atoms with Gasteiger partial charge in [0.1, 0.15) is 11.5 Å². The van der Waals surface area contributed by atoms with Crippen LogP contribution in [0, 0.1) is 6.92 Å². The molecule has 156 valence electrons. The first-order valence-electron chi connectivity index (χ1n) is 8.99. The number of nitrogens with zero attached hydrogens (tertiary/aromatic N) is 1. The Morgan fingerprint density at radius 3 is 2.61 bits per heavy atom. The summed E-state index contributed by atoms with van der Waals surface area (Å²) in [5.74, 6) is -0.434. The van der Waals surface area contributed by atoms with Crippen molar-refractivity contribution in [3.63, 3.8) is 0 Å². The van der Waals surface area contributed by atoms with Gasteiger partial charge in [-0.15, -0.1) is 0 Å². The second-order valence-corrected chi connectivity index (χ2v) is 8.43. The van der Waals surface area contributed by atoms with Gasteiger partial charge in [-0.25, -0.2) is 9.79 Å². The van der Waals surface area contributed by atoms with Gasteiger partial charge >= 0.3 is 5.97 Å². The van der Waals surface area contributed by atoms with E-state index in [2.05, 4.69) is 10.3 Å². The highest BCUT2D eigenvalue weighted by Crippen LogP contribution is 2.36. The molecule has 0 saturated carbocycles. The van der Waals surface area contributed by atoms with Crippen molar-refractivity contribution in [2.75, 3.05) is 0 Å². The third-order valence-electron chi connectivity index (χ3n) is 4.44. The normalized spacial score (nSPS) is 16.2. The summed E-state index contributed by atoms with van der Waals surface area (Å²) in [4.78, 5) is 28.3. The minimum atomic E-state index is -1.04. The first-order chi connectivity index (χ1) is 14.8. The van der Waals surface area contributed by atoms with E-state index in [0.717, 1.165) is 17.3 Å². The van der Waals surface area contributed by atoms with Crippen LogP contribution in [0.5, 0.6) is 0 Å². The van der Waals surface area contributed by atoms with Crippen LogP contribution in [-0.4, -0.2) is 22.2 Å². The monoisotopic (exact) mass is 472 g/mol. The Bertz CT molecular complexity index is 1260. The Kier molecular flexibility index (Phi) is 5.91. The number of carboxylic acid groups (broad SMARTS) is 1. The molecule has 2 heterocycles. The summed E-state index contributed by atoms with van der Waals surface area (Å²) >= 11 is 13.6. The summed E-state index contributed by atoms with van der Waals surface area (Å²) in [6, 6.07) is 13.3. The number of hydrogen-bond donors (Lipinski definition) is 2. The van der Waals surface area contributed by atoms with E-state index >= 15 is 0 Å². The molecule has 6 nitrogen and oxygen atoms in total. The van der Waals surface area contributed by atoms with Gasteiger partial charge in [0, 0.05) is 6.08 Å². The number of thioether (sulfide) groups is 1. The van der Waals surface area contributed by atoms with Crippen LogP contribution in [0.3, 0.4) is 0 Å². The molecule has 2 aromatic carbocycles. The van der Waals surface area contributed by atoms with Crippen LogP contribution in [0.4, 0.5) is 5.69 Å². The number of aromatic carboxylic acids is 1. The zero-order chi connectivity index (χ0) is 22.1. The number of furan rings is 1. The average Bonchev–Trinajstić information content (AvgIpc) is 3.30. The van der Waals surface area contributed by atoms with Crippen molar-refractivity contribution >= 4 is 63.8 Å². The van der Waals surface area contributed by atoms with E-state index in [1.807, 2.05) is 6.92 Å². The Hall–Kier alpha value is -3.00. The van der Waals surface area contributed by atoms with Crippen molar-refractivity contribution in [2.45, 2.75) is 6.92 Å². The fourth-order valence-electron chi connectivity index (χ4n) is 2.88. The quantitative estimate of drug-likeness (QED) is 0.444. The molecule has 2 N–H and O–H groups in total. The summed E-state index contributed by atoms with van der Waals surface area (Å²) in [5, 5.41) is 13.1. The highest BCUT2D eigenvalue weighted by Gasteiger charge is 2.25. The maximum Gasteiger partial charge on any atom is 0.335 e. The van der Waals surface area contributed by atoms with Gasteiger partial charge < -0.3 is 14.8 Å². The van der Waals surface area contributed by atoms with Gasteiger partial charge in [-0.05, 0) is 60.6 Å². The topological polar surface area (TPSA) is 91.9 Å². The molecule has 4 rings (SSSR count). The minimum Gasteiger partial charge on any atom is -0.478 e. The van der Waals surface area contributed by atoms with E-state index in [1.54, 1.807) is 42.5 Å². The smallest absolute Gasteiger partial charge is 0.335 e. The third kappa shape index (κ3) is 4.54. The highest BCUT2D eigenvalue weighted by molar-refractivity contribution is 8.18. The second-order valence-electron chi connectivity index (χ2n) is 6.59. The molecule has 9 heteroatoms. The number of nitrogens with one attached hydrogen (secondary N) is 1. The Morgan fingerprint density at radius 1 is 1.16 bits per heavy atom. The predicted octanol–water partition coefficient (Wildman–Crippen LogP) is 6.15. The number of halogens is 2. The van der Waals surface area contributed by atoms with Gasteiger partial charge in [-0.2, -0.15) is 0 Å². The van der Waals surface area contributed by atoms with Crippen LogP contribution in [0.25, 0.3) is 17.4 Å². The Morgan fingerprint density at radius 2 is 1.90 bits per heavy atom. The van der Waals surface area contributed by atoms with Gasteiger partial charge in [0.05, 0.1) is 31.8 Å². The molecule has 31 heavy (non-hydrogen) atoms. The molecule has 1 aliphatic heterocycles. The molecule has 0 atom stereocenters. The number of amidine groups is 1. The van der Waals surface area contributed by atoms with E-state index in [1.165, 1.54) is 12.1 Å². The molecule has 1 fully saturated rings. The van der Waals surface area contributed by atoms with Crippen LogP contribution < -0.4 is 5.32 Å². The lowest BCUT2D eigenvalue weighted by Crippen LogP contribution is -2.19.